The zero-order valence-electron chi connectivity index (χ0n) is 16.7. The van der Waals surface area contributed by atoms with Crippen LogP contribution in [0.5, 0.6) is 5.75 Å². The van der Waals surface area contributed by atoms with E-state index in [1.54, 1.807) is 12.1 Å². The normalized spacial score (nSPS) is 23.3. The third kappa shape index (κ3) is 3.99. The number of carbonyl (C=O) groups is 1. The van der Waals surface area contributed by atoms with Crippen LogP contribution in [0.3, 0.4) is 0 Å². The molecule has 2 N–H and O–H groups in total. The van der Waals surface area contributed by atoms with Crippen LogP contribution in [0.4, 0.5) is 30.6 Å². The summed E-state index contributed by atoms with van der Waals surface area (Å²) in [5, 5.41) is 6.17. The zero-order chi connectivity index (χ0) is 21.6. The Labute approximate surface area is 171 Å². The van der Waals surface area contributed by atoms with Crippen molar-refractivity contribution >= 4 is 23.4 Å². The van der Waals surface area contributed by atoms with Gasteiger partial charge in [-0.3, -0.25) is 4.79 Å². The molecule has 7 nitrogen and oxygen atoms in total. The van der Waals surface area contributed by atoms with Crippen LogP contribution in [-0.2, 0) is 4.79 Å². The van der Waals surface area contributed by atoms with Gasteiger partial charge >= 0.3 is 6.36 Å². The molecule has 0 spiro atoms. The molecule has 0 saturated heterocycles. The summed E-state index contributed by atoms with van der Waals surface area (Å²) in [5.74, 6) is 1.12. The van der Waals surface area contributed by atoms with Crippen LogP contribution in [0.1, 0.15) is 36.9 Å². The van der Waals surface area contributed by atoms with Crippen molar-refractivity contribution in [2.45, 2.75) is 51.1 Å². The second kappa shape index (κ2) is 7.33. The summed E-state index contributed by atoms with van der Waals surface area (Å²) >= 11 is 0. The number of nitrogens with one attached hydrogen (secondary N) is 2. The number of ether oxygens (including phenoxy) is 1. The predicted octanol–water partition coefficient (Wildman–Crippen LogP) is 3.82. The van der Waals surface area contributed by atoms with E-state index < -0.39 is 6.36 Å². The van der Waals surface area contributed by atoms with Crippen LogP contribution >= 0.6 is 0 Å². The monoisotopic (exact) mass is 421 g/mol. The zero-order valence-corrected chi connectivity index (χ0v) is 16.7. The summed E-state index contributed by atoms with van der Waals surface area (Å²) in [6.07, 6.45) is -3.04. The van der Waals surface area contributed by atoms with E-state index in [0.29, 0.717) is 23.1 Å². The molecule has 0 bridgehead atoms. The van der Waals surface area contributed by atoms with Gasteiger partial charge < -0.3 is 20.3 Å². The van der Waals surface area contributed by atoms with E-state index in [2.05, 4.69) is 25.3 Å². The number of nitrogens with zero attached hydrogens (tertiary/aromatic N) is 3. The smallest absolute Gasteiger partial charge is 0.406 e. The summed E-state index contributed by atoms with van der Waals surface area (Å²) < 4.78 is 40.7. The van der Waals surface area contributed by atoms with E-state index in [0.717, 1.165) is 18.4 Å². The van der Waals surface area contributed by atoms with Crippen molar-refractivity contribution in [1.82, 2.24) is 9.97 Å². The van der Waals surface area contributed by atoms with Gasteiger partial charge in [0.25, 0.3) is 0 Å². The molecule has 1 saturated carbocycles. The first-order valence-electron chi connectivity index (χ1n) is 9.65. The fourth-order valence-electron chi connectivity index (χ4n) is 3.74. The number of rotatable bonds is 4. The highest BCUT2D eigenvalue weighted by Gasteiger charge is 2.34. The lowest BCUT2D eigenvalue weighted by atomic mass is 9.76. The molecule has 160 valence electrons. The lowest BCUT2D eigenvalue weighted by Crippen LogP contribution is -2.45. The fraction of sp³-hybridized carbons (Fsp3) is 0.450. The molecule has 10 heteroatoms. The second-order valence-corrected chi connectivity index (χ2v) is 7.73. The summed E-state index contributed by atoms with van der Waals surface area (Å²) in [5.41, 5.74) is 2.28. The summed E-state index contributed by atoms with van der Waals surface area (Å²) in [4.78, 5) is 22.9. The summed E-state index contributed by atoms with van der Waals surface area (Å²) in [7, 11) is 1.82. The molecule has 30 heavy (non-hydrogen) atoms. The van der Waals surface area contributed by atoms with Crippen LogP contribution in [0.2, 0.25) is 0 Å². The van der Waals surface area contributed by atoms with Gasteiger partial charge in [0.2, 0.25) is 11.9 Å². The van der Waals surface area contributed by atoms with Crippen molar-refractivity contribution < 1.29 is 22.7 Å². The maximum absolute atomic E-state index is 12.3. The van der Waals surface area contributed by atoms with Gasteiger partial charge in [-0.25, -0.2) is 4.98 Å². The minimum absolute atomic E-state index is 0.0918. The summed E-state index contributed by atoms with van der Waals surface area (Å²) in [6.45, 7) is 3.63. The topological polar surface area (TPSA) is 79.4 Å². The van der Waals surface area contributed by atoms with Gasteiger partial charge in [0.15, 0.2) is 5.82 Å². The Kier molecular flexibility index (Phi) is 4.95. The fourth-order valence-corrected chi connectivity index (χ4v) is 3.74. The number of aryl methyl sites for hydroxylation is 1. The Morgan fingerprint density at radius 3 is 2.50 bits per heavy atom. The molecule has 0 radical (unpaired) electrons. The maximum atomic E-state index is 12.3. The molecule has 1 atom stereocenters. The first-order chi connectivity index (χ1) is 14.1. The SMILES string of the molecule is Cc1nc(N[C@H]2C[C@@H](c3ccc(OC(F)(F)F)cc3)C2)nc2c1NC(=O)[C@H](C)N2C. The minimum Gasteiger partial charge on any atom is -0.406 e. The molecule has 2 aromatic rings. The van der Waals surface area contributed by atoms with Crippen LogP contribution in [0.15, 0.2) is 24.3 Å². The number of anilines is 3. The van der Waals surface area contributed by atoms with Gasteiger partial charge in [-0.1, -0.05) is 12.1 Å². The third-order valence-electron chi connectivity index (χ3n) is 5.67. The summed E-state index contributed by atoms with van der Waals surface area (Å²) in [6, 6.07) is 5.85. The van der Waals surface area contributed by atoms with Crippen molar-refractivity contribution in [3.63, 3.8) is 0 Å². The van der Waals surface area contributed by atoms with E-state index in [1.165, 1.54) is 12.1 Å². The molecule has 4 rings (SSSR count). The van der Waals surface area contributed by atoms with E-state index in [4.69, 9.17) is 0 Å². The average Bonchev–Trinajstić information content (AvgIpc) is 2.63. The molecule has 1 amide bonds. The Balaban J connectivity index is 1.39. The van der Waals surface area contributed by atoms with E-state index >= 15 is 0 Å². The largest absolute Gasteiger partial charge is 0.573 e. The number of benzene rings is 1. The number of fused-ring (bicyclic) bond motifs is 1. The predicted molar refractivity (Wildman–Crippen MR) is 106 cm³/mol. The van der Waals surface area contributed by atoms with E-state index in [1.807, 2.05) is 25.8 Å². The van der Waals surface area contributed by atoms with E-state index in [9.17, 15) is 18.0 Å². The number of hydrogen-bond acceptors (Lipinski definition) is 6. The lowest BCUT2D eigenvalue weighted by molar-refractivity contribution is -0.274. The number of hydrogen-bond donors (Lipinski definition) is 2. The molecule has 1 aromatic heterocycles. The highest BCUT2D eigenvalue weighted by Crippen LogP contribution is 2.40. The molecular weight excluding hydrogens is 399 g/mol. The number of halogens is 3. The molecule has 1 aliphatic carbocycles. The van der Waals surface area contributed by atoms with Crippen LogP contribution < -0.4 is 20.3 Å². The molecule has 1 fully saturated rings. The molecule has 1 aromatic carbocycles. The quantitative estimate of drug-likeness (QED) is 0.782. The van der Waals surface area contributed by atoms with Gasteiger partial charge in [0.05, 0.1) is 5.69 Å². The van der Waals surface area contributed by atoms with Crippen molar-refractivity contribution in [1.29, 1.82) is 0 Å². The number of amides is 1. The van der Waals surface area contributed by atoms with Gasteiger partial charge in [0.1, 0.15) is 17.5 Å². The van der Waals surface area contributed by atoms with Crippen molar-refractivity contribution in [3.8, 4) is 5.75 Å². The van der Waals surface area contributed by atoms with Crippen molar-refractivity contribution in [3.05, 3.63) is 35.5 Å². The maximum Gasteiger partial charge on any atom is 0.573 e. The number of likely N-dealkylation sites (N-methyl/N-ethyl adjacent to an activating group) is 1. The second-order valence-electron chi connectivity index (χ2n) is 7.73. The first kappa shape index (κ1) is 20.2. The Morgan fingerprint density at radius 1 is 1.20 bits per heavy atom. The third-order valence-corrected chi connectivity index (χ3v) is 5.67. The Bertz CT molecular complexity index is 958. The minimum atomic E-state index is -4.69. The molecule has 2 aliphatic rings. The molecule has 2 heterocycles. The molecule has 0 unspecified atom stereocenters. The van der Waals surface area contributed by atoms with Crippen molar-refractivity contribution in [2.24, 2.45) is 0 Å². The molecular formula is C20H22F3N5O2. The van der Waals surface area contributed by atoms with Crippen LogP contribution in [-0.4, -0.2) is 41.4 Å². The highest BCUT2D eigenvalue weighted by atomic mass is 19.4. The average molecular weight is 421 g/mol. The van der Waals surface area contributed by atoms with Crippen LogP contribution in [0.25, 0.3) is 0 Å². The Morgan fingerprint density at radius 2 is 1.87 bits per heavy atom. The van der Waals surface area contributed by atoms with Crippen LogP contribution in [0, 0.1) is 6.92 Å². The van der Waals surface area contributed by atoms with Gasteiger partial charge in [0, 0.05) is 13.1 Å². The lowest BCUT2D eigenvalue weighted by Gasteiger charge is -2.37. The first-order valence-corrected chi connectivity index (χ1v) is 9.65. The molecule has 1 aliphatic heterocycles. The highest BCUT2D eigenvalue weighted by molar-refractivity contribution is 6.03. The number of aromatic nitrogens is 2. The van der Waals surface area contributed by atoms with Gasteiger partial charge in [-0.2, -0.15) is 4.98 Å². The van der Waals surface area contributed by atoms with Gasteiger partial charge in [-0.15, -0.1) is 13.2 Å². The number of alkyl halides is 3. The Hall–Kier alpha value is -3.04. The standard InChI is InChI=1S/C20H22F3N5O2/c1-10-16-17(28(3)11(2)18(29)26-16)27-19(24-10)25-14-8-13(9-14)12-4-6-15(7-5-12)30-20(21,22)23/h4-7,11,13-14H,8-9H2,1-3H3,(H,26,29)(H,24,25,27)/t11-,13-,14+/m0/s1. The van der Waals surface area contributed by atoms with E-state index in [-0.39, 0.29) is 29.7 Å². The van der Waals surface area contributed by atoms with Gasteiger partial charge in [-0.05, 0) is 50.3 Å². The number of carbonyl (C=O) groups excluding carboxylic acids is 1. The van der Waals surface area contributed by atoms with Crippen molar-refractivity contribution in [2.75, 3.05) is 22.6 Å².